The maximum absolute atomic E-state index is 13.7. The molecule has 0 radical (unpaired) electrons. The predicted molar refractivity (Wildman–Crippen MR) is 143 cm³/mol. The van der Waals surface area contributed by atoms with E-state index in [1.54, 1.807) is 43.3 Å². The number of carbonyl (C=O) groups is 2. The quantitative estimate of drug-likeness (QED) is 0.393. The van der Waals surface area contributed by atoms with Crippen LogP contribution in [-0.4, -0.2) is 44.8 Å². The Morgan fingerprint density at radius 1 is 0.889 bits per heavy atom. The fraction of sp³-hybridized carbons (Fsp3) is 0.200. The second kappa shape index (κ2) is 12.0. The zero-order valence-corrected chi connectivity index (χ0v) is 22.6. The monoisotopic (exact) mass is 567 g/mol. The second-order valence-corrected chi connectivity index (χ2v) is 10.9. The molecule has 36 heavy (non-hydrogen) atoms. The standard InChI is InChI=1S/C25H24Cl3N3O4S/c1-17(25(33)29-2)30(15-21-22(27)9-6-10-23(21)28)24(32)16-31(19-13-11-18(26)12-14-19)36(34,35)20-7-4-3-5-8-20/h3-14,17H,15-16H2,1-2H3,(H,29,33)/t17-/m0/s1. The van der Waals surface area contributed by atoms with Crippen molar-refractivity contribution in [2.45, 2.75) is 24.4 Å². The summed E-state index contributed by atoms with van der Waals surface area (Å²) in [4.78, 5) is 27.5. The highest BCUT2D eigenvalue weighted by molar-refractivity contribution is 7.92. The molecule has 0 aliphatic rings. The van der Waals surface area contributed by atoms with E-state index in [1.165, 1.54) is 48.3 Å². The van der Waals surface area contributed by atoms with Gasteiger partial charge in [0.15, 0.2) is 0 Å². The minimum absolute atomic E-state index is 0.00722. The average molecular weight is 569 g/mol. The van der Waals surface area contributed by atoms with E-state index in [-0.39, 0.29) is 17.1 Å². The summed E-state index contributed by atoms with van der Waals surface area (Å²) in [5, 5.41) is 3.56. The molecule has 0 unspecified atom stereocenters. The molecule has 3 rings (SSSR count). The summed E-state index contributed by atoms with van der Waals surface area (Å²) in [6.07, 6.45) is 0. The van der Waals surface area contributed by atoms with E-state index in [2.05, 4.69) is 5.32 Å². The Hall–Kier alpha value is -2.78. The molecule has 0 fully saturated rings. The van der Waals surface area contributed by atoms with Crippen molar-refractivity contribution in [1.82, 2.24) is 10.2 Å². The summed E-state index contributed by atoms with van der Waals surface area (Å²) in [6, 6.07) is 17.8. The molecule has 1 N–H and O–H groups in total. The molecule has 7 nitrogen and oxygen atoms in total. The Kier molecular flexibility index (Phi) is 9.24. The third-order valence-corrected chi connectivity index (χ3v) is 8.28. The first-order valence-electron chi connectivity index (χ1n) is 10.8. The first-order chi connectivity index (χ1) is 17.1. The topological polar surface area (TPSA) is 86.8 Å². The van der Waals surface area contributed by atoms with Gasteiger partial charge in [-0.2, -0.15) is 0 Å². The number of halogens is 3. The Morgan fingerprint density at radius 3 is 2.03 bits per heavy atom. The first-order valence-corrected chi connectivity index (χ1v) is 13.4. The Morgan fingerprint density at radius 2 is 1.47 bits per heavy atom. The second-order valence-electron chi connectivity index (χ2n) is 7.81. The molecule has 3 aromatic carbocycles. The highest BCUT2D eigenvalue weighted by atomic mass is 35.5. The first kappa shape index (κ1) is 27.8. The smallest absolute Gasteiger partial charge is 0.264 e. The lowest BCUT2D eigenvalue weighted by Gasteiger charge is -2.32. The number of nitrogens with one attached hydrogen (secondary N) is 1. The third-order valence-electron chi connectivity index (χ3n) is 5.53. The van der Waals surface area contributed by atoms with Gasteiger partial charge in [-0.1, -0.05) is 59.1 Å². The van der Waals surface area contributed by atoms with Crippen LogP contribution in [0.2, 0.25) is 15.1 Å². The summed E-state index contributed by atoms with van der Waals surface area (Å²) in [7, 11) is -2.70. The van der Waals surface area contributed by atoms with Gasteiger partial charge in [-0.25, -0.2) is 8.42 Å². The molecule has 0 saturated carbocycles. The number of sulfonamides is 1. The van der Waals surface area contributed by atoms with Crippen molar-refractivity contribution < 1.29 is 18.0 Å². The molecule has 0 heterocycles. The Bertz CT molecular complexity index is 1320. The van der Waals surface area contributed by atoms with Crippen LogP contribution in [0.3, 0.4) is 0 Å². The van der Waals surface area contributed by atoms with Crippen molar-refractivity contribution in [1.29, 1.82) is 0 Å². The predicted octanol–water partition coefficient (Wildman–Crippen LogP) is 5.01. The lowest BCUT2D eigenvalue weighted by molar-refractivity contribution is -0.139. The number of hydrogen-bond acceptors (Lipinski definition) is 4. The van der Waals surface area contributed by atoms with Crippen molar-refractivity contribution in [2.24, 2.45) is 0 Å². The van der Waals surface area contributed by atoms with Crippen molar-refractivity contribution in [3.05, 3.63) is 93.4 Å². The molecule has 0 spiro atoms. The molecular formula is C25H24Cl3N3O4S. The van der Waals surface area contributed by atoms with Crippen LogP contribution in [0.4, 0.5) is 5.69 Å². The molecule has 0 aliphatic carbocycles. The summed E-state index contributed by atoms with van der Waals surface area (Å²) < 4.78 is 28.2. The third kappa shape index (κ3) is 6.31. The molecule has 1 atom stereocenters. The van der Waals surface area contributed by atoms with E-state index in [0.717, 1.165) is 4.31 Å². The SMILES string of the molecule is CNC(=O)[C@H](C)N(Cc1c(Cl)cccc1Cl)C(=O)CN(c1ccc(Cl)cc1)S(=O)(=O)c1ccccc1. The molecule has 0 aliphatic heterocycles. The lowest BCUT2D eigenvalue weighted by Crippen LogP contribution is -2.50. The van der Waals surface area contributed by atoms with Crippen molar-refractivity contribution in [2.75, 3.05) is 17.9 Å². The van der Waals surface area contributed by atoms with E-state index < -0.39 is 34.4 Å². The maximum atomic E-state index is 13.7. The minimum Gasteiger partial charge on any atom is -0.357 e. The maximum Gasteiger partial charge on any atom is 0.264 e. The number of nitrogens with zero attached hydrogens (tertiary/aromatic N) is 2. The van der Waals surface area contributed by atoms with Crippen LogP contribution in [0.15, 0.2) is 77.7 Å². The number of amides is 2. The number of hydrogen-bond donors (Lipinski definition) is 1. The van der Waals surface area contributed by atoms with Crippen LogP contribution in [0.1, 0.15) is 12.5 Å². The normalized spacial score (nSPS) is 12.0. The molecule has 190 valence electrons. The average Bonchev–Trinajstić information content (AvgIpc) is 2.87. The van der Waals surface area contributed by atoms with Gasteiger partial charge >= 0.3 is 0 Å². The molecule has 11 heteroatoms. The van der Waals surface area contributed by atoms with Gasteiger partial charge in [-0.15, -0.1) is 0 Å². The highest BCUT2D eigenvalue weighted by Crippen LogP contribution is 2.28. The number of likely N-dealkylation sites (N-methyl/N-ethyl adjacent to an activating group) is 1. The van der Waals surface area contributed by atoms with Crippen LogP contribution >= 0.6 is 34.8 Å². The van der Waals surface area contributed by atoms with E-state index in [4.69, 9.17) is 34.8 Å². The van der Waals surface area contributed by atoms with Gasteiger partial charge in [0.05, 0.1) is 10.6 Å². The van der Waals surface area contributed by atoms with Gasteiger partial charge < -0.3 is 10.2 Å². The zero-order valence-electron chi connectivity index (χ0n) is 19.5. The van der Waals surface area contributed by atoms with Gasteiger partial charge in [0.2, 0.25) is 11.8 Å². The van der Waals surface area contributed by atoms with E-state index >= 15 is 0 Å². The molecule has 3 aromatic rings. The number of carbonyl (C=O) groups excluding carboxylic acids is 2. The van der Waals surface area contributed by atoms with E-state index in [9.17, 15) is 18.0 Å². The summed E-state index contributed by atoms with van der Waals surface area (Å²) in [6.45, 7) is 0.855. The highest BCUT2D eigenvalue weighted by Gasteiger charge is 2.32. The Balaban J connectivity index is 2.05. The summed E-state index contributed by atoms with van der Waals surface area (Å²) in [5.41, 5.74) is 0.675. The van der Waals surface area contributed by atoms with Crippen LogP contribution in [-0.2, 0) is 26.2 Å². The van der Waals surface area contributed by atoms with Crippen LogP contribution < -0.4 is 9.62 Å². The fourth-order valence-electron chi connectivity index (χ4n) is 3.50. The molecule has 0 aromatic heterocycles. The van der Waals surface area contributed by atoms with Crippen LogP contribution in [0.5, 0.6) is 0 Å². The largest absolute Gasteiger partial charge is 0.357 e. The number of benzene rings is 3. The van der Waals surface area contributed by atoms with Gasteiger partial charge in [0.1, 0.15) is 12.6 Å². The lowest BCUT2D eigenvalue weighted by atomic mass is 10.1. The summed E-state index contributed by atoms with van der Waals surface area (Å²) in [5.74, 6) is -1.06. The van der Waals surface area contributed by atoms with Crippen molar-refractivity contribution in [3.63, 3.8) is 0 Å². The molecule has 0 bridgehead atoms. The van der Waals surface area contributed by atoms with Crippen LogP contribution in [0, 0.1) is 0 Å². The van der Waals surface area contributed by atoms with Gasteiger partial charge in [-0.05, 0) is 55.5 Å². The fourth-order valence-corrected chi connectivity index (χ4v) is 5.58. The Labute approximate surface area is 225 Å². The summed E-state index contributed by atoms with van der Waals surface area (Å²) >= 11 is 18.7. The molecular weight excluding hydrogens is 545 g/mol. The van der Waals surface area contributed by atoms with Crippen molar-refractivity contribution >= 4 is 62.3 Å². The minimum atomic E-state index is -4.15. The van der Waals surface area contributed by atoms with E-state index in [0.29, 0.717) is 20.6 Å². The van der Waals surface area contributed by atoms with E-state index in [1.807, 2.05) is 0 Å². The van der Waals surface area contributed by atoms with Gasteiger partial charge in [0.25, 0.3) is 10.0 Å². The van der Waals surface area contributed by atoms with Crippen molar-refractivity contribution in [3.8, 4) is 0 Å². The van der Waals surface area contributed by atoms with Gasteiger partial charge in [0, 0.05) is 34.2 Å². The zero-order chi connectivity index (χ0) is 26.5. The number of rotatable bonds is 9. The molecule has 2 amide bonds. The van der Waals surface area contributed by atoms with Gasteiger partial charge in [-0.3, -0.25) is 13.9 Å². The van der Waals surface area contributed by atoms with Crippen LogP contribution in [0.25, 0.3) is 0 Å². The number of anilines is 1. The molecule has 0 saturated heterocycles.